The van der Waals surface area contributed by atoms with Gasteiger partial charge in [0, 0.05) is 18.1 Å². The van der Waals surface area contributed by atoms with Gasteiger partial charge in [-0.1, -0.05) is 12.1 Å². The van der Waals surface area contributed by atoms with Gasteiger partial charge in [-0.15, -0.1) is 0 Å². The first-order valence-corrected chi connectivity index (χ1v) is 10.7. The highest BCUT2D eigenvalue weighted by Crippen LogP contribution is 2.39. The number of nitrogens with zero attached hydrogens (tertiary/aromatic N) is 1. The lowest BCUT2D eigenvalue weighted by molar-refractivity contribution is -0.384. The minimum absolute atomic E-state index is 0.0711. The van der Waals surface area contributed by atoms with Crippen LogP contribution in [-0.4, -0.2) is 63.5 Å². The van der Waals surface area contributed by atoms with E-state index in [1.54, 1.807) is 0 Å². The highest BCUT2D eigenvalue weighted by atomic mass is 32.3. The molecule has 0 amide bonds. The number of hydrogen-bond donors (Lipinski definition) is 0. The number of carbonyl (C=O) groups is 2. The molecule has 1 aliphatic heterocycles. The largest absolute Gasteiger partial charge is 0.468 e. The van der Waals surface area contributed by atoms with E-state index in [1.165, 1.54) is 0 Å². The van der Waals surface area contributed by atoms with Crippen LogP contribution >= 0.6 is 0 Å². The molecule has 0 radical (unpaired) electrons. The summed E-state index contributed by atoms with van der Waals surface area (Å²) in [6.07, 6.45) is 0. The topological polar surface area (TPSA) is 164 Å². The molecule has 13 heteroatoms. The molecular weight excluding hydrogens is 406 g/mol. The molecular formula is C14H15NO10S2. The van der Waals surface area contributed by atoms with E-state index in [2.05, 4.69) is 9.47 Å². The number of nitro groups is 1. The predicted molar refractivity (Wildman–Crippen MR) is 90.2 cm³/mol. The van der Waals surface area contributed by atoms with Gasteiger partial charge in [0.15, 0.2) is 35.3 Å². The summed E-state index contributed by atoms with van der Waals surface area (Å²) in [7, 11) is -7.25. The maximum atomic E-state index is 12.5. The Bertz CT molecular complexity index is 929. The maximum absolute atomic E-state index is 12.5. The Morgan fingerprint density at radius 1 is 0.963 bits per heavy atom. The van der Waals surface area contributed by atoms with Gasteiger partial charge in [-0.25, -0.2) is 16.8 Å². The van der Waals surface area contributed by atoms with Crippen molar-refractivity contribution in [1.82, 2.24) is 0 Å². The van der Waals surface area contributed by atoms with Crippen LogP contribution in [0.1, 0.15) is 11.5 Å². The third-order valence-corrected chi connectivity index (χ3v) is 9.26. The van der Waals surface area contributed by atoms with Crippen LogP contribution in [0.3, 0.4) is 0 Å². The zero-order valence-corrected chi connectivity index (χ0v) is 15.7. The van der Waals surface area contributed by atoms with E-state index >= 15 is 0 Å². The average Bonchev–Trinajstić information content (AvgIpc) is 2.58. The van der Waals surface area contributed by atoms with E-state index in [0.29, 0.717) is 0 Å². The van der Waals surface area contributed by atoms with E-state index in [4.69, 9.17) is 0 Å². The lowest BCUT2D eigenvalue weighted by Gasteiger charge is -2.34. The number of carbonyl (C=O) groups excluding carboxylic acids is 2. The van der Waals surface area contributed by atoms with E-state index in [9.17, 15) is 36.5 Å². The predicted octanol–water partition coefficient (Wildman–Crippen LogP) is -0.438. The van der Waals surface area contributed by atoms with Gasteiger partial charge in [-0.3, -0.25) is 19.7 Å². The van der Waals surface area contributed by atoms with Crippen LogP contribution in [0.4, 0.5) is 5.69 Å². The van der Waals surface area contributed by atoms with E-state index < -0.39 is 58.0 Å². The van der Waals surface area contributed by atoms with Crippen molar-refractivity contribution in [2.75, 3.05) is 19.3 Å². The standard InChI is InChI=1S/C14H15NO10S2/c1-24-13(16)11-10(8-3-5-9(6-4-8)15(18)19)12(14(17)25-2)27(22,23)7-26(11,20)21/h3-6,10-12H,7H2,1-2H3/t11-,12-/m0/s1. The summed E-state index contributed by atoms with van der Waals surface area (Å²) in [5, 5.41) is 5.39. The molecule has 0 N–H and O–H groups in total. The molecule has 0 aliphatic carbocycles. The Labute approximate surface area is 154 Å². The third-order valence-electron chi connectivity index (χ3n) is 4.11. The molecule has 0 unspecified atom stereocenters. The van der Waals surface area contributed by atoms with E-state index in [-0.39, 0.29) is 11.3 Å². The van der Waals surface area contributed by atoms with Gasteiger partial charge in [0.1, 0.15) is 0 Å². The molecule has 0 saturated carbocycles. The van der Waals surface area contributed by atoms with Crippen LogP contribution in [0.25, 0.3) is 0 Å². The summed E-state index contributed by atoms with van der Waals surface area (Å²) < 4.78 is 58.9. The van der Waals surface area contributed by atoms with Crippen molar-refractivity contribution >= 4 is 37.3 Å². The Morgan fingerprint density at radius 3 is 1.70 bits per heavy atom. The molecule has 0 spiro atoms. The summed E-state index contributed by atoms with van der Waals surface area (Å²) in [4.78, 5) is 34.4. The van der Waals surface area contributed by atoms with E-state index in [1.807, 2.05) is 0 Å². The summed E-state index contributed by atoms with van der Waals surface area (Å²) in [6.45, 7) is 0. The van der Waals surface area contributed by atoms with Crippen molar-refractivity contribution < 1.29 is 40.8 Å². The number of benzene rings is 1. The first-order valence-electron chi connectivity index (χ1n) is 7.29. The first kappa shape index (κ1) is 20.8. The average molecular weight is 421 g/mol. The smallest absolute Gasteiger partial charge is 0.324 e. The third kappa shape index (κ3) is 3.78. The number of rotatable bonds is 4. The Kier molecular flexibility index (Phi) is 5.56. The second kappa shape index (κ2) is 7.23. The molecule has 27 heavy (non-hydrogen) atoms. The second-order valence-electron chi connectivity index (χ2n) is 5.71. The molecule has 0 bridgehead atoms. The molecule has 2 atom stereocenters. The molecule has 1 aromatic rings. The van der Waals surface area contributed by atoms with Crippen molar-refractivity contribution in [2.45, 2.75) is 16.4 Å². The number of esters is 2. The number of non-ortho nitro benzene ring substituents is 1. The fourth-order valence-corrected chi connectivity index (χ4v) is 8.37. The number of ether oxygens (including phenoxy) is 2. The van der Waals surface area contributed by atoms with Gasteiger partial charge >= 0.3 is 11.9 Å². The highest BCUT2D eigenvalue weighted by molar-refractivity contribution is 8.10. The van der Waals surface area contributed by atoms with Crippen molar-refractivity contribution in [1.29, 1.82) is 0 Å². The normalized spacial score (nSPS) is 25.9. The molecule has 1 heterocycles. The molecule has 1 aromatic carbocycles. The first-order chi connectivity index (χ1) is 12.5. The maximum Gasteiger partial charge on any atom is 0.324 e. The second-order valence-corrected chi connectivity index (χ2v) is 10.3. The summed E-state index contributed by atoms with van der Waals surface area (Å²) in [5.41, 5.74) is -0.414. The van der Waals surface area contributed by atoms with Gasteiger partial charge in [-0.2, -0.15) is 0 Å². The molecule has 148 valence electrons. The lowest BCUT2D eigenvalue weighted by Crippen LogP contribution is -2.55. The monoisotopic (exact) mass is 421 g/mol. The Hall–Kier alpha value is -2.54. The molecule has 2 rings (SSSR count). The fourth-order valence-electron chi connectivity index (χ4n) is 2.97. The van der Waals surface area contributed by atoms with Crippen molar-refractivity contribution in [3.05, 3.63) is 39.9 Å². The quantitative estimate of drug-likeness (QED) is 0.353. The van der Waals surface area contributed by atoms with Crippen LogP contribution in [0.2, 0.25) is 0 Å². The van der Waals surface area contributed by atoms with Crippen LogP contribution < -0.4 is 0 Å². The van der Waals surface area contributed by atoms with Crippen molar-refractivity contribution in [3.63, 3.8) is 0 Å². The molecule has 1 fully saturated rings. The minimum Gasteiger partial charge on any atom is -0.468 e. The van der Waals surface area contributed by atoms with Gasteiger partial charge in [-0.05, 0) is 5.56 Å². The zero-order valence-electron chi connectivity index (χ0n) is 14.1. The fraction of sp³-hybridized carbons (Fsp3) is 0.429. The number of sulfone groups is 2. The van der Waals surface area contributed by atoms with Gasteiger partial charge < -0.3 is 9.47 Å². The molecule has 11 nitrogen and oxygen atoms in total. The minimum atomic E-state index is -4.55. The molecule has 1 aliphatic rings. The molecule has 0 aromatic heterocycles. The van der Waals surface area contributed by atoms with Crippen molar-refractivity contribution in [2.24, 2.45) is 0 Å². The Morgan fingerprint density at radius 2 is 1.37 bits per heavy atom. The SMILES string of the molecule is COC(=O)[C@@H]1C(c2ccc([N+](=O)[O-])cc2)[C@@H](C(=O)OC)S(=O)(=O)CS1(=O)=O. The van der Waals surface area contributed by atoms with Gasteiger partial charge in [0.25, 0.3) is 5.69 Å². The summed E-state index contributed by atoms with van der Waals surface area (Å²) >= 11 is 0. The van der Waals surface area contributed by atoms with Crippen LogP contribution in [0.15, 0.2) is 24.3 Å². The highest BCUT2D eigenvalue weighted by Gasteiger charge is 2.58. The van der Waals surface area contributed by atoms with Gasteiger partial charge in [0.05, 0.1) is 19.1 Å². The van der Waals surface area contributed by atoms with Gasteiger partial charge in [0.2, 0.25) is 0 Å². The summed E-state index contributed by atoms with van der Waals surface area (Å²) in [6, 6.07) is 4.19. The zero-order chi connectivity index (χ0) is 20.6. The Balaban J connectivity index is 2.76. The summed E-state index contributed by atoms with van der Waals surface area (Å²) in [5.74, 6) is -4.18. The van der Waals surface area contributed by atoms with E-state index in [0.717, 1.165) is 38.5 Å². The number of hydrogen-bond acceptors (Lipinski definition) is 10. The van der Waals surface area contributed by atoms with Crippen LogP contribution in [0, 0.1) is 10.1 Å². The van der Waals surface area contributed by atoms with Crippen molar-refractivity contribution in [3.8, 4) is 0 Å². The number of methoxy groups -OCH3 is 2. The lowest BCUT2D eigenvalue weighted by atomic mass is 9.91. The molecule has 1 saturated heterocycles. The van der Waals surface area contributed by atoms with Crippen LogP contribution in [-0.2, 0) is 38.7 Å². The van der Waals surface area contributed by atoms with Crippen LogP contribution in [0.5, 0.6) is 0 Å². The number of nitro benzene ring substituents is 1.